The molecule has 0 atom stereocenters. The molecule has 0 aliphatic carbocycles. The molecule has 1 aliphatic heterocycles. The van der Waals surface area contributed by atoms with Crippen molar-refractivity contribution < 1.29 is 8.42 Å². The van der Waals surface area contributed by atoms with E-state index in [1.807, 2.05) is 0 Å². The predicted molar refractivity (Wildman–Crippen MR) is 88.8 cm³/mol. The van der Waals surface area contributed by atoms with Crippen LogP contribution in [0.1, 0.15) is 20.3 Å². The summed E-state index contributed by atoms with van der Waals surface area (Å²) in [5, 5.41) is 0. The fraction of sp³-hybridized carbons (Fsp3) is 0.600. The largest absolute Gasteiger partial charge is 0.301 e. The van der Waals surface area contributed by atoms with Gasteiger partial charge in [0.1, 0.15) is 0 Å². The zero-order valence-electron chi connectivity index (χ0n) is 12.6. The molecular formula is C15H23BrN2O2S. The second kappa shape index (κ2) is 7.22. The fourth-order valence-corrected chi connectivity index (χ4v) is 4.08. The molecule has 0 unspecified atom stereocenters. The van der Waals surface area contributed by atoms with Gasteiger partial charge in [-0.3, -0.25) is 0 Å². The van der Waals surface area contributed by atoms with Gasteiger partial charge in [-0.05, 0) is 43.1 Å². The Labute approximate surface area is 136 Å². The zero-order valence-corrected chi connectivity index (χ0v) is 15.0. The van der Waals surface area contributed by atoms with Gasteiger partial charge in [0.25, 0.3) is 0 Å². The molecule has 0 N–H and O–H groups in total. The van der Waals surface area contributed by atoms with E-state index in [4.69, 9.17) is 0 Å². The first-order chi connectivity index (χ1) is 9.89. The number of rotatable bonds is 5. The molecule has 118 valence electrons. The van der Waals surface area contributed by atoms with Gasteiger partial charge in [0.2, 0.25) is 10.0 Å². The molecule has 6 heteroatoms. The van der Waals surface area contributed by atoms with Crippen molar-refractivity contribution in [3.05, 3.63) is 28.7 Å². The number of hydrogen-bond acceptors (Lipinski definition) is 3. The first kappa shape index (κ1) is 16.9. The lowest BCUT2D eigenvalue weighted by Crippen LogP contribution is -2.48. The van der Waals surface area contributed by atoms with E-state index < -0.39 is 10.0 Å². The Morgan fingerprint density at radius 2 is 1.67 bits per heavy atom. The van der Waals surface area contributed by atoms with Crippen LogP contribution in [0.3, 0.4) is 0 Å². The van der Waals surface area contributed by atoms with E-state index in [2.05, 4.69) is 34.7 Å². The van der Waals surface area contributed by atoms with Crippen LogP contribution in [0.25, 0.3) is 0 Å². The molecule has 0 aromatic heterocycles. The predicted octanol–water partition coefficient (Wildman–Crippen LogP) is 2.80. The van der Waals surface area contributed by atoms with Gasteiger partial charge >= 0.3 is 0 Å². The van der Waals surface area contributed by atoms with Gasteiger partial charge in [-0.2, -0.15) is 4.31 Å². The molecular weight excluding hydrogens is 352 g/mol. The molecule has 0 amide bonds. The molecule has 1 fully saturated rings. The van der Waals surface area contributed by atoms with Crippen molar-refractivity contribution in [1.29, 1.82) is 0 Å². The van der Waals surface area contributed by atoms with Gasteiger partial charge in [-0.1, -0.05) is 29.8 Å². The van der Waals surface area contributed by atoms with E-state index >= 15 is 0 Å². The van der Waals surface area contributed by atoms with Crippen molar-refractivity contribution in [2.24, 2.45) is 5.92 Å². The van der Waals surface area contributed by atoms with Crippen molar-refractivity contribution in [3.63, 3.8) is 0 Å². The van der Waals surface area contributed by atoms with Crippen molar-refractivity contribution in [2.75, 3.05) is 32.7 Å². The van der Waals surface area contributed by atoms with Gasteiger partial charge in [0, 0.05) is 30.7 Å². The first-order valence-electron chi connectivity index (χ1n) is 7.37. The standard InChI is InChI=1S/C15H23BrN2O2S/c1-13(2)7-8-17-9-11-18(12-10-17)21(19,20)15-5-3-14(16)4-6-15/h3-6,13H,7-12H2,1-2H3. The molecule has 0 spiro atoms. The van der Waals surface area contributed by atoms with Crippen molar-refractivity contribution in [1.82, 2.24) is 9.21 Å². The monoisotopic (exact) mass is 374 g/mol. The average molecular weight is 375 g/mol. The summed E-state index contributed by atoms with van der Waals surface area (Å²) in [5.41, 5.74) is 0. The quantitative estimate of drug-likeness (QED) is 0.795. The zero-order chi connectivity index (χ0) is 15.5. The lowest BCUT2D eigenvalue weighted by Gasteiger charge is -2.34. The molecule has 0 radical (unpaired) electrons. The minimum atomic E-state index is -3.35. The fourth-order valence-electron chi connectivity index (χ4n) is 2.39. The van der Waals surface area contributed by atoms with Crippen LogP contribution in [-0.4, -0.2) is 50.3 Å². The number of nitrogens with zero attached hydrogens (tertiary/aromatic N) is 2. The molecule has 1 aromatic rings. The molecule has 2 rings (SSSR count). The summed E-state index contributed by atoms with van der Waals surface area (Å²) in [5.74, 6) is 0.689. The Kier molecular flexibility index (Phi) is 5.82. The van der Waals surface area contributed by atoms with Crippen LogP contribution in [0.5, 0.6) is 0 Å². The third-order valence-corrected chi connectivity index (χ3v) is 6.25. The van der Waals surface area contributed by atoms with Crippen LogP contribution in [0.4, 0.5) is 0 Å². The van der Waals surface area contributed by atoms with E-state index in [1.54, 1.807) is 28.6 Å². The number of hydrogen-bond donors (Lipinski definition) is 0. The number of halogens is 1. The SMILES string of the molecule is CC(C)CCN1CCN(S(=O)(=O)c2ccc(Br)cc2)CC1. The van der Waals surface area contributed by atoms with Crippen LogP contribution in [0.15, 0.2) is 33.6 Å². The van der Waals surface area contributed by atoms with Crippen LogP contribution >= 0.6 is 15.9 Å². The van der Waals surface area contributed by atoms with Crippen molar-refractivity contribution in [2.45, 2.75) is 25.2 Å². The summed E-state index contributed by atoms with van der Waals surface area (Å²) in [6.07, 6.45) is 1.17. The molecule has 1 saturated heterocycles. The molecule has 1 aliphatic rings. The molecule has 4 nitrogen and oxygen atoms in total. The maximum Gasteiger partial charge on any atom is 0.243 e. The van der Waals surface area contributed by atoms with E-state index in [9.17, 15) is 8.42 Å². The Hall–Kier alpha value is -0.430. The van der Waals surface area contributed by atoms with Gasteiger partial charge < -0.3 is 4.90 Å². The summed E-state index contributed by atoms with van der Waals surface area (Å²) in [6.45, 7) is 8.30. The summed E-state index contributed by atoms with van der Waals surface area (Å²) < 4.78 is 27.6. The normalized spacial score (nSPS) is 18.3. The summed E-state index contributed by atoms with van der Waals surface area (Å²) in [6, 6.07) is 6.85. The van der Waals surface area contributed by atoms with Crippen LogP contribution in [0.2, 0.25) is 0 Å². The number of piperazine rings is 1. The minimum Gasteiger partial charge on any atom is -0.301 e. The maximum absolute atomic E-state index is 12.6. The first-order valence-corrected chi connectivity index (χ1v) is 9.61. The van der Waals surface area contributed by atoms with Gasteiger partial charge in [-0.25, -0.2) is 8.42 Å². The van der Waals surface area contributed by atoms with Crippen LogP contribution in [-0.2, 0) is 10.0 Å². The highest BCUT2D eigenvalue weighted by atomic mass is 79.9. The summed E-state index contributed by atoms with van der Waals surface area (Å²) in [7, 11) is -3.35. The third kappa shape index (κ3) is 4.52. The van der Waals surface area contributed by atoms with Crippen LogP contribution < -0.4 is 0 Å². The Balaban J connectivity index is 1.96. The highest BCUT2D eigenvalue weighted by Crippen LogP contribution is 2.20. The topological polar surface area (TPSA) is 40.6 Å². The van der Waals surface area contributed by atoms with Crippen LogP contribution in [0, 0.1) is 5.92 Å². The minimum absolute atomic E-state index is 0.376. The summed E-state index contributed by atoms with van der Waals surface area (Å²) in [4.78, 5) is 2.73. The maximum atomic E-state index is 12.6. The van der Waals surface area contributed by atoms with E-state index in [-0.39, 0.29) is 0 Å². The van der Waals surface area contributed by atoms with Gasteiger partial charge in [0.15, 0.2) is 0 Å². The van der Waals surface area contributed by atoms with Gasteiger partial charge in [0.05, 0.1) is 4.90 Å². The highest BCUT2D eigenvalue weighted by Gasteiger charge is 2.28. The van der Waals surface area contributed by atoms with Crippen molar-refractivity contribution >= 4 is 26.0 Å². The van der Waals surface area contributed by atoms with Crippen molar-refractivity contribution in [3.8, 4) is 0 Å². The molecule has 21 heavy (non-hydrogen) atoms. The smallest absolute Gasteiger partial charge is 0.243 e. The summed E-state index contributed by atoms with van der Waals surface area (Å²) >= 11 is 3.33. The average Bonchev–Trinajstić information content (AvgIpc) is 2.46. The second-order valence-electron chi connectivity index (χ2n) is 5.88. The third-order valence-electron chi connectivity index (χ3n) is 3.81. The lowest BCUT2D eigenvalue weighted by molar-refractivity contribution is 0.180. The lowest BCUT2D eigenvalue weighted by atomic mass is 10.1. The Bertz CT molecular complexity index is 550. The molecule has 1 aromatic carbocycles. The highest BCUT2D eigenvalue weighted by molar-refractivity contribution is 9.10. The van der Waals surface area contributed by atoms with Gasteiger partial charge in [-0.15, -0.1) is 0 Å². The Morgan fingerprint density at radius 1 is 1.10 bits per heavy atom. The molecule has 1 heterocycles. The second-order valence-corrected chi connectivity index (χ2v) is 8.74. The van der Waals surface area contributed by atoms with E-state index in [0.717, 1.165) is 24.1 Å². The van der Waals surface area contributed by atoms with E-state index in [0.29, 0.717) is 23.9 Å². The molecule has 0 bridgehead atoms. The Morgan fingerprint density at radius 3 is 2.19 bits per heavy atom. The molecule has 0 saturated carbocycles. The number of sulfonamides is 1. The van der Waals surface area contributed by atoms with E-state index in [1.165, 1.54) is 6.42 Å². The number of benzene rings is 1.